The molecule has 0 aliphatic carbocycles. The Kier molecular flexibility index (Phi) is 7.33. The maximum atomic E-state index is 11.8. The van der Waals surface area contributed by atoms with Crippen molar-refractivity contribution in [2.24, 2.45) is 16.8 Å². The second-order valence-corrected chi connectivity index (χ2v) is 8.91. The molecule has 0 bridgehead atoms. The second kappa shape index (κ2) is 9.07. The number of nitrogens with zero attached hydrogens (tertiary/aromatic N) is 3. The number of amides is 1. The second-order valence-electron chi connectivity index (χ2n) is 8.91. The third-order valence-corrected chi connectivity index (χ3v) is 5.82. The Labute approximate surface area is 159 Å². The van der Waals surface area contributed by atoms with Gasteiger partial charge >= 0.3 is 0 Å². The van der Waals surface area contributed by atoms with E-state index in [1.807, 2.05) is 18.9 Å². The summed E-state index contributed by atoms with van der Waals surface area (Å²) in [6.45, 7) is 16.1. The van der Waals surface area contributed by atoms with Crippen molar-refractivity contribution in [2.45, 2.75) is 65.5 Å². The van der Waals surface area contributed by atoms with Gasteiger partial charge < -0.3 is 15.5 Å². The Balaban J connectivity index is 1.83. The SMILES string of the molecule is CCC(=O)N1CCC(NC(=NC)NCC(C)(C)N2CC(C)CC(C)C2)C1. The van der Waals surface area contributed by atoms with Crippen molar-refractivity contribution >= 4 is 11.9 Å². The lowest BCUT2D eigenvalue weighted by atomic mass is 9.88. The summed E-state index contributed by atoms with van der Waals surface area (Å²) in [5, 5.41) is 7.01. The fourth-order valence-corrected chi connectivity index (χ4v) is 4.29. The van der Waals surface area contributed by atoms with Crippen LogP contribution in [0, 0.1) is 11.8 Å². The van der Waals surface area contributed by atoms with Gasteiger partial charge in [-0.1, -0.05) is 20.8 Å². The number of nitrogens with one attached hydrogen (secondary N) is 2. The monoisotopic (exact) mass is 365 g/mol. The van der Waals surface area contributed by atoms with Crippen LogP contribution in [-0.2, 0) is 4.79 Å². The van der Waals surface area contributed by atoms with E-state index in [2.05, 4.69) is 48.2 Å². The van der Waals surface area contributed by atoms with Crippen molar-refractivity contribution in [1.29, 1.82) is 0 Å². The highest BCUT2D eigenvalue weighted by Crippen LogP contribution is 2.26. The quantitative estimate of drug-likeness (QED) is 0.577. The standard InChI is InChI=1S/C20H39N5O/c1-7-18(26)24-9-8-17(13-24)23-19(21-6)22-14-20(4,5)25-11-15(2)10-16(3)12-25/h15-17H,7-14H2,1-6H3,(H2,21,22,23). The molecule has 2 N–H and O–H groups in total. The molecule has 150 valence electrons. The minimum absolute atomic E-state index is 0.0838. The summed E-state index contributed by atoms with van der Waals surface area (Å²) in [7, 11) is 1.82. The first-order valence-electron chi connectivity index (χ1n) is 10.2. The summed E-state index contributed by atoms with van der Waals surface area (Å²) in [6, 6.07) is 0.287. The molecular formula is C20H39N5O. The number of hydrogen-bond donors (Lipinski definition) is 2. The molecule has 26 heavy (non-hydrogen) atoms. The summed E-state index contributed by atoms with van der Waals surface area (Å²) >= 11 is 0. The largest absolute Gasteiger partial charge is 0.355 e. The normalized spacial score (nSPS) is 28.3. The third-order valence-electron chi connectivity index (χ3n) is 5.82. The van der Waals surface area contributed by atoms with E-state index in [-0.39, 0.29) is 17.5 Å². The van der Waals surface area contributed by atoms with Gasteiger partial charge in [-0.05, 0) is 38.5 Å². The average Bonchev–Trinajstić information content (AvgIpc) is 3.05. The van der Waals surface area contributed by atoms with Gasteiger partial charge in [-0.2, -0.15) is 0 Å². The Hall–Kier alpha value is -1.30. The number of hydrogen-bond acceptors (Lipinski definition) is 3. The van der Waals surface area contributed by atoms with Crippen LogP contribution in [0.25, 0.3) is 0 Å². The minimum atomic E-state index is 0.0838. The number of likely N-dealkylation sites (tertiary alicyclic amines) is 2. The zero-order valence-corrected chi connectivity index (χ0v) is 17.6. The molecule has 2 aliphatic rings. The molecular weight excluding hydrogens is 326 g/mol. The number of carbonyl (C=O) groups excluding carboxylic acids is 1. The molecule has 6 nitrogen and oxygen atoms in total. The molecule has 0 radical (unpaired) electrons. The van der Waals surface area contributed by atoms with Crippen LogP contribution in [0.2, 0.25) is 0 Å². The van der Waals surface area contributed by atoms with Crippen LogP contribution in [0.1, 0.15) is 53.9 Å². The van der Waals surface area contributed by atoms with Crippen molar-refractivity contribution in [3.63, 3.8) is 0 Å². The number of rotatable bonds is 5. The topological polar surface area (TPSA) is 60.0 Å². The first-order chi connectivity index (χ1) is 12.2. The number of carbonyl (C=O) groups is 1. The van der Waals surface area contributed by atoms with E-state index in [9.17, 15) is 4.79 Å². The Bertz CT molecular complexity index is 494. The van der Waals surface area contributed by atoms with Crippen LogP contribution in [0.15, 0.2) is 4.99 Å². The van der Waals surface area contributed by atoms with Gasteiger partial charge in [-0.15, -0.1) is 0 Å². The van der Waals surface area contributed by atoms with Gasteiger partial charge in [0, 0.05) is 57.8 Å². The fourth-order valence-electron chi connectivity index (χ4n) is 4.29. The molecule has 3 unspecified atom stereocenters. The first kappa shape index (κ1) is 21.0. The molecule has 2 heterocycles. The van der Waals surface area contributed by atoms with Crippen molar-refractivity contribution in [3.05, 3.63) is 0 Å². The lowest BCUT2D eigenvalue weighted by Gasteiger charge is -2.45. The van der Waals surface area contributed by atoms with Crippen LogP contribution in [-0.4, -0.2) is 73.0 Å². The van der Waals surface area contributed by atoms with Crippen LogP contribution in [0.5, 0.6) is 0 Å². The molecule has 2 fully saturated rings. The minimum Gasteiger partial charge on any atom is -0.355 e. The van der Waals surface area contributed by atoms with Gasteiger partial charge in [-0.25, -0.2) is 0 Å². The van der Waals surface area contributed by atoms with Crippen molar-refractivity contribution in [3.8, 4) is 0 Å². The van der Waals surface area contributed by atoms with E-state index < -0.39 is 0 Å². The number of piperidine rings is 1. The van der Waals surface area contributed by atoms with Crippen LogP contribution < -0.4 is 10.6 Å². The molecule has 1 amide bonds. The van der Waals surface area contributed by atoms with Crippen LogP contribution in [0.4, 0.5) is 0 Å². The Morgan fingerprint density at radius 3 is 2.42 bits per heavy atom. The predicted molar refractivity (Wildman–Crippen MR) is 108 cm³/mol. The van der Waals surface area contributed by atoms with Gasteiger partial charge in [0.05, 0.1) is 0 Å². The van der Waals surface area contributed by atoms with E-state index in [1.165, 1.54) is 19.5 Å². The molecule has 0 aromatic rings. The zero-order chi connectivity index (χ0) is 19.3. The number of aliphatic imine (C=N–C) groups is 1. The lowest BCUT2D eigenvalue weighted by Crippen LogP contribution is -2.57. The molecule has 0 saturated carbocycles. The van der Waals surface area contributed by atoms with E-state index in [0.29, 0.717) is 6.42 Å². The summed E-state index contributed by atoms with van der Waals surface area (Å²) in [5.74, 6) is 2.60. The highest BCUT2D eigenvalue weighted by Gasteiger charge is 2.33. The van der Waals surface area contributed by atoms with Crippen LogP contribution in [0.3, 0.4) is 0 Å². The number of guanidine groups is 1. The third kappa shape index (κ3) is 5.60. The van der Waals surface area contributed by atoms with Crippen molar-refractivity contribution in [2.75, 3.05) is 39.8 Å². The summed E-state index contributed by atoms with van der Waals surface area (Å²) < 4.78 is 0. The Morgan fingerprint density at radius 2 is 1.85 bits per heavy atom. The fraction of sp³-hybridized carbons (Fsp3) is 0.900. The highest BCUT2D eigenvalue weighted by atomic mass is 16.2. The van der Waals surface area contributed by atoms with Gasteiger partial charge in [0.25, 0.3) is 0 Å². The van der Waals surface area contributed by atoms with Crippen molar-refractivity contribution in [1.82, 2.24) is 20.4 Å². The maximum absolute atomic E-state index is 11.8. The van der Waals surface area contributed by atoms with E-state index >= 15 is 0 Å². The van der Waals surface area contributed by atoms with Gasteiger partial charge in [0.15, 0.2) is 5.96 Å². The molecule has 2 saturated heterocycles. The highest BCUT2D eigenvalue weighted by molar-refractivity contribution is 5.80. The smallest absolute Gasteiger partial charge is 0.222 e. The predicted octanol–water partition coefficient (Wildman–Crippen LogP) is 1.92. The molecule has 3 atom stereocenters. The zero-order valence-electron chi connectivity index (χ0n) is 17.6. The molecule has 2 rings (SSSR count). The van der Waals surface area contributed by atoms with Gasteiger partial charge in [-0.3, -0.25) is 14.7 Å². The Morgan fingerprint density at radius 1 is 1.19 bits per heavy atom. The molecule has 6 heteroatoms. The molecule has 0 aromatic heterocycles. The summed E-state index contributed by atoms with van der Waals surface area (Å²) in [4.78, 5) is 20.8. The van der Waals surface area contributed by atoms with Crippen LogP contribution >= 0.6 is 0 Å². The molecule has 0 aromatic carbocycles. The van der Waals surface area contributed by atoms with E-state index in [4.69, 9.17) is 0 Å². The molecule has 2 aliphatic heterocycles. The lowest BCUT2D eigenvalue weighted by molar-refractivity contribution is -0.129. The average molecular weight is 366 g/mol. The van der Waals surface area contributed by atoms with Gasteiger partial charge in [0.1, 0.15) is 0 Å². The summed E-state index contributed by atoms with van der Waals surface area (Å²) in [6.07, 6.45) is 2.90. The molecule has 0 spiro atoms. The first-order valence-corrected chi connectivity index (χ1v) is 10.2. The maximum Gasteiger partial charge on any atom is 0.222 e. The van der Waals surface area contributed by atoms with Gasteiger partial charge in [0.2, 0.25) is 5.91 Å². The summed E-state index contributed by atoms with van der Waals surface area (Å²) in [5.41, 5.74) is 0.0838. The van der Waals surface area contributed by atoms with Crippen molar-refractivity contribution < 1.29 is 4.79 Å². The van der Waals surface area contributed by atoms with E-state index in [0.717, 1.165) is 43.9 Å². The van der Waals surface area contributed by atoms with E-state index in [1.54, 1.807) is 0 Å².